The first-order chi connectivity index (χ1) is 6.58. The fourth-order valence-corrected chi connectivity index (χ4v) is 1.19. The van der Waals surface area contributed by atoms with Crippen molar-refractivity contribution in [2.24, 2.45) is 0 Å². The van der Waals surface area contributed by atoms with Crippen LogP contribution in [0.4, 0.5) is 0 Å². The highest BCUT2D eigenvalue weighted by Crippen LogP contribution is 2.07. The Kier molecular flexibility index (Phi) is 3.85. The molecule has 1 heterocycles. The Bertz CT molecular complexity index is 257. The van der Waals surface area contributed by atoms with Crippen molar-refractivity contribution in [3.05, 3.63) is 24.3 Å². The van der Waals surface area contributed by atoms with Crippen LogP contribution < -0.4 is 0 Å². The molecule has 3 atom stereocenters. The molecule has 0 amide bonds. The number of hydrogen-bond donors (Lipinski definition) is 2. The number of esters is 1. The monoisotopic (exact) mass is 198 g/mol. The summed E-state index contributed by atoms with van der Waals surface area (Å²) in [6.45, 7) is 1.71. The van der Waals surface area contributed by atoms with Gasteiger partial charge in [0.05, 0.1) is 12.2 Å². The molecule has 0 aromatic rings. The molecule has 0 bridgehead atoms. The van der Waals surface area contributed by atoms with Crippen molar-refractivity contribution in [3.8, 4) is 0 Å². The van der Waals surface area contributed by atoms with Crippen molar-refractivity contribution in [1.82, 2.24) is 0 Å². The normalized spacial score (nSPS) is 38.5. The molecule has 0 radical (unpaired) electrons. The number of cyclic esters (lactones) is 1. The molecule has 2 N–H and O–H groups in total. The van der Waals surface area contributed by atoms with E-state index < -0.39 is 18.2 Å². The smallest absolute Gasteiger partial charge is 0.330 e. The molecule has 0 spiro atoms. The zero-order valence-electron chi connectivity index (χ0n) is 7.96. The van der Waals surface area contributed by atoms with Crippen molar-refractivity contribution < 1.29 is 19.7 Å². The molecule has 1 aliphatic rings. The molecule has 4 heteroatoms. The highest BCUT2D eigenvalue weighted by Gasteiger charge is 2.12. The van der Waals surface area contributed by atoms with Crippen LogP contribution in [0.2, 0.25) is 0 Å². The summed E-state index contributed by atoms with van der Waals surface area (Å²) in [4.78, 5) is 11.0. The molecule has 0 aliphatic carbocycles. The van der Waals surface area contributed by atoms with Gasteiger partial charge in [0.25, 0.3) is 0 Å². The Labute approximate surface area is 82.5 Å². The SMILES string of the molecule is CC1CC(O)/C=C\C(O)/C=C\C(=O)O1. The van der Waals surface area contributed by atoms with E-state index >= 15 is 0 Å². The van der Waals surface area contributed by atoms with Gasteiger partial charge in [0.1, 0.15) is 6.10 Å². The minimum absolute atomic E-state index is 0.331. The molecule has 0 saturated heterocycles. The van der Waals surface area contributed by atoms with Gasteiger partial charge >= 0.3 is 5.97 Å². The lowest BCUT2D eigenvalue weighted by Gasteiger charge is -2.15. The molecule has 0 fully saturated rings. The summed E-state index contributed by atoms with van der Waals surface area (Å²) >= 11 is 0. The van der Waals surface area contributed by atoms with E-state index in [1.165, 1.54) is 24.3 Å². The standard InChI is InChI=1S/C10H14O4/c1-7-6-9(12)3-2-8(11)4-5-10(13)14-7/h2-5,7-9,11-12H,6H2,1H3/b3-2-,5-4-. The summed E-state index contributed by atoms with van der Waals surface area (Å²) in [6, 6.07) is 0. The van der Waals surface area contributed by atoms with Gasteiger partial charge in [0.15, 0.2) is 0 Å². The predicted molar refractivity (Wildman–Crippen MR) is 50.5 cm³/mol. The molecule has 0 saturated carbocycles. The summed E-state index contributed by atoms with van der Waals surface area (Å²) in [5.41, 5.74) is 0. The van der Waals surface area contributed by atoms with Crippen LogP contribution in [0.5, 0.6) is 0 Å². The van der Waals surface area contributed by atoms with Gasteiger partial charge in [-0.3, -0.25) is 0 Å². The van der Waals surface area contributed by atoms with E-state index in [9.17, 15) is 15.0 Å². The van der Waals surface area contributed by atoms with Crippen molar-refractivity contribution >= 4 is 5.97 Å². The van der Waals surface area contributed by atoms with E-state index in [1.54, 1.807) is 6.92 Å². The van der Waals surface area contributed by atoms with E-state index in [0.717, 1.165) is 0 Å². The molecule has 1 aliphatic heterocycles. The zero-order valence-corrected chi connectivity index (χ0v) is 7.96. The number of aliphatic hydroxyl groups is 2. The summed E-state index contributed by atoms with van der Waals surface area (Å²) < 4.78 is 4.91. The number of aliphatic hydroxyl groups excluding tert-OH is 2. The molecule has 0 aromatic carbocycles. The highest BCUT2D eigenvalue weighted by molar-refractivity contribution is 5.82. The third-order valence-electron chi connectivity index (χ3n) is 1.85. The minimum Gasteiger partial charge on any atom is -0.459 e. The minimum atomic E-state index is -0.856. The average Bonchev–Trinajstić information content (AvgIpc) is 2.10. The second-order valence-corrected chi connectivity index (χ2v) is 3.29. The van der Waals surface area contributed by atoms with E-state index in [-0.39, 0.29) is 6.10 Å². The van der Waals surface area contributed by atoms with Crippen LogP contribution >= 0.6 is 0 Å². The van der Waals surface area contributed by atoms with Gasteiger partial charge in [-0.15, -0.1) is 0 Å². The van der Waals surface area contributed by atoms with Gasteiger partial charge in [0, 0.05) is 12.5 Å². The van der Waals surface area contributed by atoms with Crippen molar-refractivity contribution in [3.63, 3.8) is 0 Å². The molecule has 4 nitrogen and oxygen atoms in total. The number of ether oxygens (including phenoxy) is 1. The number of carbonyl (C=O) groups excluding carboxylic acids is 1. The van der Waals surface area contributed by atoms with Crippen molar-refractivity contribution in [1.29, 1.82) is 0 Å². The molecule has 0 aromatic heterocycles. The van der Waals surface area contributed by atoms with Gasteiger partial charge in [-0.2, -0.15) is 0 Å². The molecule has 1 rings (SSSR count). The molecule has 3 unspecified atom stereocenters. The largest absolute Gasteiger partial charge is 0.459 e. The third kappa shape index (κ3) is 3.72. The lowest BCUT2D eigenvalue weighted by molar-refractivity contribution is -0.143. The van der Waals surface area contributed by atoms with Gasteiger partial charge < -0.3 is 14.9 Å². The predicted octanol–water partition coefficient (Wildman–Crippen LogP) is 0.156. The van der Waals surface area contributed by atoms with E-state index in [0.29, 0.717) is 6.42 Å². The van der Waals surface area contributed by atoms with Crippen LogP contribution in [0, 0.1) is 0 Å². The summed E-state index contributed by atoms with van der Waals surface area (Å²) in [5, 5.41) is 18.6. The van der Waals surface area contributed by atoms with Crippen LogP contribution in [0.25, 0.3) is 0 Å². The summed E-state index contributed by atoms with van der Waals surface area (Å²) in [6.07, 6.45) is 3.87. The lowest BCUT2D eigenvalue weighted by Crippen LogP contribution is -2.20. The number of rotatable bonds is 0. The maximum atomic E-state index is 11.0. The lowest BCUT2D eigenvalue weighted by atomic mass is 10.1. The second-order valence-electron chi connectivity index (χ2n) is 3.29. The van der Waals surface area contributed by atoms with E-state index in [4.69, 9.17) is 4.74 Å². The number of carbonyl (C=O) groups is 1. The third-order valence-corrected chi connectivity index (χ3v) is 1.85. The molecule has 78 valence electrons. The van der Waals surface area contributed by atoms with Crippen LogP contribution in [0.1, 0.15) is 13.3 Å². The Morgan fingerprint density at radius 1 is 1.36 bits per heavy atom. The summed E-state index contributed by atoms with van der Waals surface area (Å²) in [7, 11) is 0. The highest BCUT2D eigenvalue weighted by atomic mass is 16.5. The topological polar surface area (TPSA) is 66.8 Å². The Hall–Kier alpha value is -1.13. The quantitative estimate of drug-likeness (QED) is 0.429. The first-order valence-corrected chi connectivity index (χ1v) is 4.51. The Morgan fingerprint density at radius 3 is 2.79 bits per heavy atom. The van der Waals surface area contributed by atoms with Crippen LogP contribution in [0.15, 0.2) is 24.3 Å². The van der Waals surface area contributed by atoms with E-state index in [2.05, 4.69) is 0 Å². The molecular formula is C10H14O4. The maximum Gasteiger partial charge on any atom is 0.330 e. The first kappa shape index (κ1) is 10.9. The van der Waals surface area contributed by atoms with Gasteiger partial charge in [0.2, 0.25) is 0 Å². The Balaban J connectivity index is 2.72. The maximum absolute atomic E-state index is 11.0. The number of hydrogen-bond acceptors (Lipinski definition) is 4. The second kappa shape index (κ2) is 4.93. The zero-order chi connectivity index (χ0) is 10.6. The van der Waals surface area contributed by atoms with Crippen LogP contribution in [-0.4, -0.2) is 34.5 Å². The van der Waals surface area contributed by atoms with Gasteiger partial charge in [-0.25, -0.2) is 4.79 Å². The van der Waals surface area contributed by atoms with Crippen molar-refractivity contribution in [2.75, 3.05) is 0 Å². The van der Waals surface area contributed by atoms with Gasteiger partial charge in [-0.1, -0.05) is 12.2 Å². The fourth-order valence-electron chi connectivity index (χ4n) is 1.19. The first-order valence-electron chi connectivity index (χ1n) is 4.51. The van der Waals surface area contributed by atoms with Crippen molar-refractivity contribution in [2.45, 2.75) is 31.7 Å². The fraction of sp³-hybridized carbons (Fsp3) is 0.500. The molecular weight excluding hydrogens is 184 g/mol. The van der Waals surface area contributed by atoms with Crippen LogP contribution in [0.3, 0.4) is 0 Å². The van der Waals surface area contributed by atoms with E-state index in [1.807, 2.05) is 0 Å². The van der Waals surface area contributed by atoms with Crippen LogP contribution in [-0.2, 0) is 9.53 Å². The Morgan fingerprint density at radius 2 is 2.07 bits per heavy atom. The van der Waals surface area contributed by atoms with Gasteiger partial charge in [-0.05, 0) is 13.0 Å². The molecule has 14 heavy (non-hydrogen) atoms. The summed E-state index contributed by atoms with van der Waals surface area (Å²) in [5.74, 6) is -0.501. The average molecular weight is 198 g/mol.